The highest BCUT2D eigenvalue weighted by Gasteiger charge is 2.30. The highest BCUT2D eigenvalue weighted by molar-refractivity contribution is 6.32. The average Bonchev–Trinajstić information content (AvgIpc) is 3.44. The summed E-state index contributed by atoms with van der Waals surface area (Å²) in [4.78, 5) is 31.1. The van der Waals surface area contributed by atoms with Gasteiger partial charge in [0.2, 0.25) is 0 Å². The largest absolute Gasteiger partial charge is 0.443 e. The smallest absolute Gasteiger partial charge is 0.419 e. The minimum absolute atomic E-state index is 0.191. The zero-order chi connectivity index (χ0) is 27.0. The first kappa shape index (κ1) is 26.7. The zero-order valence-electron chi connectivity index (χ0n) is 22.5. The van der Waals surface area contributed by atoms with Gasteiger partial charge in [-0.05, 0) is 50.6 Å². The van der Waals surface area contributed by atoms with E-state index in [2.05, 4.69) is 27.2 Å². The number of rotatable bonds is 6. The van der Waals surface area contributed by atoms with E-state index in [0.29, 0.717) is 28.4 Å². The molecule has 2 aliphatic rings. The van der Waals surface area contributed by atoms with E-state index >= 15 is 0 Å². The van der Waals surface area contributed by atoms with Crippen molar-refractivity contribution in [2.24, 2.45) is 0 Å². The van der Waals surface area contributed by atoms with Crippen molar-refractivity contribution >= 4 is 34.5 Å². The highest BCUT2D eigenvalue weighted by atomic mass is 35.5. The summed E-state index contributed by atoms with van der Waals surface area (Å²) in [5.74, 6) is -0.191. The number of carbonyl (C=O) groups is 2. The van der Waals surface area contributed by atoms with Gasteiger partial charge in [0.05, 0.1) is 23.4 Å². The van der Waals surface area contributed by atoms with Crippen molar-refractivity contribution in [2.45, 2.75) is 39.5 Å². The number of carbonyl (C=O) groups excluding carboxylic acids is 2. The Kier molecular flexibility index (Phi) is 7.51. The Labute approximate surface area is 228 Å². The standard InChI is InChI=1S/C29H35ClN4O4/c1-29(2,3)38-28(36)34-24-8-5-19(18-33-11-9-32(10-12-33)13-14-37-4)15-20(24)16-25(34)21-6-7-23(30)22-17-31-27(35)26(21)22/h5-8,15-16H,9-14,17-18H2,1-4H3,(H,31,35). The second-order valence-corrected chi connectivity index (χ2v) is 11.4. The number of ether oxygens (including phenoxy) is 2. The highest BCUT2D eigenvalue weighted by Crippen LogP contribution is 2.37. The summed E-state index contributed by atoms with van der Waals surface area (Å²) in [5.41, 5.74) is 3.78. The molecule has 0 spiro atoms. The first-order valence-corrected chi connectivity index (χ1v) is 13.4. The maximum atomic E-state index is 13.5. The molecular formula is C29H35ClN4O4. The van der Waals surface area contributed by atoms with Gasteiger partial charge in [0.1, 0.15) is 5.60 Å². The van der Waals surface area contributed by atoms with Gasteiger partial charge in [0.25, 0.3) is 5.91 Å². The number of hydrogen-bond donors (Lipinski definition) is 1. The summed E-state index contributed by atoms with van der Waals surface area (Å²) in [5, 5.41) is 4.32. The fourth-order valence-corrected chi connectivity index (χ4v) is 5.46. The second kappa shape index (κ2) is 10.7. The van der Waals surface area contributed by atoms with Crippen molar-refractivity contribution in [1.82, 2.24) is 19.7 Å². The number of amides is 1. The molecule has 9 heteroatoms. The number of hydrogen-bond acceptors (Lipinski definition) is 6. The summed E-state index contributed by atoms with van der Waals surface area (Å²) < 4.78 is 12.6. The zero-order valence-corrected chi connectivity index (χ0v) is 23.2. The van der Waals surface area contributed by atoms with Crippen molar-refractivity contribution in [3.63, 3.8) is 0 Å². The van der Waals surface area contributed by atoms with E-state index in [1.54, 1.807) is 17.7 Å². The molecule has 0 aliphatic carbocycles. The average molecular weight is 539 g/mol. The lowest BCUT2D eigenvalue weighted by Gasteiger charge is -2.34. The predicted octanol–water partition coefficient (Wildman–Crippen LogP) is 4.75. The minimum Gasteiger partial charge on any atom is -0.443 e. The summed E-state index contributed by atoms with van der Waals surface area (Å²) in [6.45, 7) is 12.5. The quantitative estimate of drug-likeness (QED) is 0.488. The fourth-order valence-electron chi connectivity index (χ4n) is 5.24. The van der Waals surface area contributed by atoms with Crippen LogP contribution in [0.25, 0.3) is 22.2 Å². The molecular weight excluding hydrogens is 504 g/mol. The maximum Gasteiger partial charge on any atom is 0.419 e. The van der Waals surface area contributed by atoms with Gasteiger partial charge >= 0.3 is 6.09 Å². The van der Waals surface area contributed by atoms with Gasteiger partial charge in [0, 0.05) is 74.5 Å². The van der Waals surface area contributed by atoms with Crippen LogP contribution >= 0.6 is 11.6 Å². The van der Waals surface area contributed by atoms with E-state index in [1.807, 2.05) is 39.0 Å². The molecule has 5 rings (SSSR count). The van der Waals surface area contributed by atoms with Crippen LogP contribution in [0.15, 0.2) is 36.4 Å². The number of nitrogens with one attached hydrogen (secondary N) is 1. The third kappa shape index (κ3) is 5.45. The Morgan fingerprint density at radius 3 is 2.50 bits per heavy atom. The van der Waals surface area contributed by atoms with Gasteiger partial charge in [-0.1, -0.05) is 23.7 Å². The number of methoxy groups -OCH3 is 1. The van der Waals surface area contributed by atoms with Gasteiger partial charge in [-0.15, -0.1) is 0 Å². The van der Waals surface area contributed by atoms with Crippen LogP contribution in [0.4, 0.5) is 4.79 Å². The molecule has 1 N–H and O–H groups in total. The first-order chi connectivity index (χ1) is 18.1. The number of benzene rings is 2. The van der Waals surface area contributed by atoms with Gasteiger partial charge < -0.3 is 14.8 Å². The molecule has 0 unspecified atom stereocenters. The van der Waals surface area contributed by atoms with Gasteiger partial charge in [-0.2, -0.15) is 0 Å². The Hall–Kier alpha value is -2.91. The molecule has 2 aromatic carbocycles. The number of aromatic nitrogens is 1. The third-order valence-corrected chi connectivity index (χ3v) is 7.46. The SMILES string of the molecule is COCCN1CCN(Cc2ccc3c(c2)cc(-c2ccc(Cl)c4c2C(=O)NC4)n3C(=O)OC(C)(C)C)CC1. The Balaban J connectivity index is 1.50. The Bertz CT molecular complexity index is 1370. The molecule has 0 radical (unpaired) electrons. The molecule has 38 heavy (non-hydrogen) atoms. The molecule has 1 aromatic heterocycles. The predicted molar refractivity (Wildman–Crippen MR) is 149 cm³/mol. The van der Waals surface area contributed by atoms with Gasteiger partial charge in [-0.25, -0.2) is 9.36 Å². The lowest BCUT2D eigenvalue weighted by molar-refractivity contribution is 0.0547. The monoisotopic (exact) mass is 538 g/mol. The number of halogens is 1. The molecule has 1 saturated heterocycles. The maximum absolute atomic E-state index is 13.5. The van der Waals surface area contributed by atoms with Gasteiger partial charge in [0.15, 0.2) is 0 Å². The molecule has 202 valence electrons. The van der Waals surface area contributed by atoms with E-state index in [1.165, 1.54) is 5.56 Å². The van der Waals surface area contributed by atoms with E-state index in [4.69, 9.17) is 21.1 Å². The van der Waals surface area contributed by atoms with Crippen LogP contribution in [-0.2, 0) is 22.6 Å². The second-order valence-electron chi connectivity index (χ2n) is 11.0. The Morgan fingerprint density at radius 1 is 1.05 bits per heavy atom. The topological polar surface area (TPSA) is 76.0 Å². The molecule has 0 atom stereocenters. The van der Waals surface area contributed by atoms with Crippen LogP contribution in [-0.4, -0.2) is 78.4 Å². The van der Waals surface area contributed by atoms with Crippen molar-refractivity contribution in [1.29, 1.82) is 0 Å². The molecule has 0 saturated carbocycles. The van der Waals surface area contributed by atoms with E-state index in [0.717, 1.165) is 62.3 Å². The summed E-state index contributed by atoms with van der Waals surface area (Å²) in [6.07, 6.45) is -0.482. The fraction of sp³-hybridized carbons (Fsp3) is 0.448. The molecule has 1 amide bonds. The number of piperazine rings is 1. The van der Waals surface area contributed by atoms with Crippen LogP contribution in [0.5, 0.6) is 0 Å². The first-order valence-electron chi connectivity index (χ1n) is 13.1. The lowest BCUT2D eigenvalue weighted by atomic mass is 10.00. The molecule has 3 aromatic rings. The van der Waals surface area contributed by atoms with Crippen LogP contribution in [0.3, 0.4) is 0 Å². The van der Waals surface area contributed by atoms with Crippen LogP contribution in [0, 0.1) is 0 Å². The van der Waals surface area contributed by atoms with Crippen LogP contribution < -0.4 is 5.32 Å². The normalized spacial score (nSPS) is 16.6. The summed E-state index contributed by atoms with van der Waals surface area (Å²) in [6, 6.07) is 11.7. The molecule has 3 heterocycles. The van der Waals surface area contributed by atoms with Crippen molar-refractivity contribution in [2.75, 3.05) is 46.4 Å². The third-order valence-electron chi connectivity index (χ3n) is 7.11. The molecule has 8 nitrogen and oxygen atoms in total. The van der Waals surface area contributed by atoms with Crippen molar-refractivity contribution < 1.29 is 19.1 Å². The van der Waals surface area contributed by atoms with Crippen molar-refractivity contribution in [3.8, 4) is 11.3 Å². The lowest BCUT2D eigenvalue weighted by Crippen LogP contribution is -2.46. The summed E-state index contributed by atoms with van der Waals surface area (Å²) >= 11 is 6.41. The van der Waals surface area contributed by atoms with E-state index in [-0.39, 0.29) is 5.91 Å². The van der Waals surface area contributed by atoms with E-state index in [9.17, 15) is 9.59 Å². The van der Waals surface area contributed by atoms with E-state index < -0.39 is 11.7 Å². The number of nitrogens with zero attached hydrogens (tertiary/aromatic N) is 3. The number of fused-ring (bicyclic) bond motifs is 2. The molecule has 1 fully saturated rings. The minimum atomic E-state index is -0.671. The summed E-state index contributed by atoms with van der Waals surface area (Å²) in [7, 11) is 1.74. The van der Waals surface area contributed by atoms with Gasteiger partial charge in [-0.3, -0.25) is 14.6 Å². The molecule has 0 bridgehead atoms. The van der Waals surface area contributed by atoms with Crippen LogP contribution in [0.2, 0.25) is 5.02 Å². The Morgan fingerprint density at radius 2 is 1.79 bits per heavy atom. The van der Waals surface area contributed by atoms with Crippen LogP contribution in [0.1, 0.15) is 42.3 Å². The molecule has 2 aliphatic heterocycles. The van der Waals surface area contributed by atoms with Crippen molar-refractivity contribution in [3.05, 3.63) is 58.1 Å².